The third-order valence-electron chi connectivity index (χ3n) is 6.79. The van der Waals surface area contributed by atoms with E-state index in [9.17, 15) is 9.90 Å². The molecule has 166 valence electrons. The van der Waals surface area contributed by atoms with Crippen molar-refractivity contribution in [1.29, 1.82) is 0 Å². The highest BCUT2D eigenvalue weighted by Gasteiger charge is 2.34. The number of carbonyl (C=O) groups is 1. The quantitative estimate of drug-likeness (QED) is 0.719. The topological polar surface area (TPSA) is 55.8 Å². The van der Waals surface area contributed by atoms with Crippen molar-refractivity contribution in [2.24, 2.45) is 0 Å². The molecular formula is C25H32ClN3O2. The van der Waals surface area contributed by atoms with Gasteiger partial charge in [0, 0.05) is 55.4 Å². The number of hydrogen-bond acceptors (Lipinski definition) is 4. The van der Waals surface area contributed by atoms with Crippen LogP contribution in [0, 0.1) is 0 Å². The van der Waals surface area contributed by atoms with Crippen molar-refractivity contribution >= 4 is 17.5 Å². The Morgan fingerprint density at radius 2 is 1.94 bits per heavy atom. The summed E-state index contributed by atoms with van der Waals surface area (Å²) in [5, 5.41) is 13.3. The number of carbonyl (C=O) groups excluding carboxylic acids is 1. The lowest BCUT2D eigenvalue weighted by molar-refractivity contribution is 0.0731. The summed E-state index contributed by atoms with van der Waals surface area (Å²) >= 11 is 6.27. The summed E-state index contributed by atoms with van der Waals surface area (Å²) in [4.78, 5) is 17.6. The smallest absolute Gasteiger partial charge is 0.254 e. The van der Waals surface area contributed by atoms with Crippen molar-refractivity contribution < 1.29 is 9.90 Å². The number of nitrogens with one attached hydrogen (secondary N) is 1. The van der Waals surface area contributed by atoms with E-state index in [-0.39, 0.29) is 18.1 Å². The number of aryl methyl sites for hydroxylation is 1. The number of aliphatic hydroxyl groups is 1. The largest absolute Gasteiger partial charge is 0.392 e. The van der Waals surface area contributed by atoms with E-state index in [4.69, 9.17) is 11.6 Å². The first-order valence-corrected chi connectivity index (χ1v) is 11.5. The fourth-order valence-electron chi connectivity index (χ4n) is 4.57. The molecule has 0 radical (unpaired) electrons. The molecule has 1 saturated heterocycles. The van der Waals surface area contributed by atoms with Gasteiger partial charge < -0.3 is 15.3 Å². The predicted octanol–water partition coefficient (Wildman–Crippen LogP) is 3.60. The van der Waals surface area contributed by atoms with Crippen molar-refractivity contribution in [3.8, 4) is 0 Å². The molecule has 2 N–H and O–H groups in total. The van der Waals surface area contributed by atoms with Gasteiger partial charge in [0.1, 0.15) is 0 Å². The molecular weight excluding hydrogens is 410 g/mol. The maximum absolute atomic E-state index is 13.2. The van der Waals surface area contributed by atoms with Gasteiger partial charge >= 0.3 is 0 Å². The second-order valence-electron chi connectivity index (χ2n) is 9.24. The molecule has 0 saturated carbocycles. The van der Waals surface area contributed by atoms with Crippen LogP contribution in [0.4, 0.5) is 0 Å². The molecule has 0 bridgehead atoms. The number of amides is 1. The van der Waals surface area contributed by atoms with Gasteiger partial charge in [0.2, 0.25) is 0 Å². The summed E-state index contributed by atoms with van der Waals surface area (Å²) in [5.41, 5.74) is 5.25. The summed E-state index contributed by atoms with van der Waals surface area (Å²) < 4.78 is 0. The first-order chi connectivity index (χ1) is 14.9. The molecule has 2 aliphatic rings. The highest BCUT2D eigenvalue weighted by Crippen LogP contribution is 2.34. The van der Waals surface area contributed by atoms with Crippen molar-refractivity contribution in [2.75, 3.05) is 26.2 Å². The van der Waals surface area contributed by atoms with Crippen LogP contribution in [0.3, 0.4) is 0 Å². The summed E-state index contributed by atoms with van der Waals surface area (Å²) in [6.07, 6.45) is 1.90. The molecule has 1 amide bonds. The number of nitrogens with zero attached hydrogens (tertiary/aromatic N) is 2. The first-order valence-electron chi connectivity index (χ1n) is 11.1. The molecule has 31 heavy (non-hydrogen) atoms. The molecule has 2 aliphatic heterocycles. The van der Waals surface area contributed by atoms with Gasteiger partial charge in [0.15, 0.2) is 0 Å². The van der Waals surface area contributed by atoms with Crippen LogP contribution in [0.25, 0.3) is 0 Å². The molecule has 1 fully saturated rings. The Morgan fingerprint density at radius 1 is 1.16 bits per heavy atom. The normalized spacial score (nSPS) is 17.1. The second kappa shape index (κ2) is 9.29. The average Bonchev–Trinajstić information content (AvgIpc) is 3.23. The number of hydrogen-bond donors (Lipinski definition) is 2. The molecule has 6 heteroatoms. The summed E-state index contributed by atoms with van der Waals surface area (Å²) in [5.74, 6) is 0.164. The minimum atomic E-state index is -0.0361. The summed E-state index contributed by atoms with van der Waals surface area (Å²) in [7, 11) is 0. The Hall–Kier alpha value is -1.92. The van der Waals surface area contributed by atoms with E-state index < -0.39 is 0 Å². The number of piperazine rings is 1. The third-order valence-corrected chi connectivity index (χ3v) is 7.14. The molecule has 2 aromatic carbocycles. The zero-order chi connectivity index (χ0) is 22.0. The van der Waals surface area contributed by atoms with Gasteiger partial charge in [-0.15, -0.1) is 0 Å². The summed E-state index contributed by atoms with van der Waals surface area (Å²) in [6.45, 7) is 9.47. The molecule has 4 rings (SSSR count). The fraction of sp³-hybridized carbons (Fsp3) is 0.480. The zero-order valence-electron chi connectivity index (χ0n) is 18.5. The monoisotopic (exact) mass is 441 g/mol. The van der Waals surface area contributed by atoms with Crippen LogP contribution in [0.5, 0.6) is 0 Å². The van der Waals surface area contributed by atoms with E-state index in [1.807, 2.05) is 29.2 Å². The van der Waals surface area contributed by atoms with Crippen molar-refractivity contribution in [2.45, 2.75) is 51.9 Å². The standard InChI is InChI=1S/C25H32ClN3O2/c1-25(2,9-8-18-6-7-20(17-30)23(26)14-18)29-15-19-4-3-5-21(22(19)16-29)24(31)28-12-10-27-11-13-28/h3-7,14,27,30H,8-13,15-17H2,1-2H3. The Balaban J connectivity index is 1.45. The predicted molar refractivity (Wildman–Crippen MR) is 124 cm³/mol. The molecule has 0 atom stereocenters. The fourth-order valence-corrected chi connectivity index (χ4v) is 4.83. The van der Waals surface area contributed by atoms with Gasteiger partial charge in [0.05, 0.1) is 6.61 Å². The third kappa shape index (κ3) is 4.80. The van der Waals surface area contributed by atoms with Crippen molar-refractivity contribution in [3.63, 3.8) is 0 Å². The van der Waals surface area contributed by atoms with Crippen LogP contribution >= 0.6 is 11.6 Å². The van der Waals surface area contributed by atoms with Gasteiger partial charge in [-0.3, -0.25) is 9.69 Å². The Bertz CT molecular complexity index is 954. The van der Waals surface area contributed by atoms with Crippen molar-refractivity contribution in [3.05, 3.63) is 69.2 Å². The van der Waals surface area contributed by atoms with Crippen molar-refractivity contribution in [1.82, 2.24) is 15.1 Å². The lowest BCUT2D eigenvalue weighted by Crippen LogP contribution is -2.46. The van der Waals surface area contributed by atoms with E-state index in [0.29, 0.717) is 5.02 Å². The van der Waals surface area contributed by atoms with Crippen LogP contribution in [-0.4, -0.2) is 52.5 Å². The van der Waals surface area contributed by atoms with E-state index in [2.05, 4.69) is 36.2 Å². The Kier molecular flexibility index (Phi) is 6.68. The van der Waals surface area contributed by atoms with Gasteiger partial charge in [-0.05, 0) is 61.1 Å². The SMILES string of the molecule is CC(C)(CCc1ccc(CO)c(Cl)c1)N1Cc2cccc(C(=O)N3CCNCC3)c2C1. The zero-order valence-corrected chi connectivity index (χ0v) is 19.2. The Labute approximate surface area is 190 Å². The average molecular weight is 442 g/mol. The van der Waals surface area contributed by atoms with Crippen LogP contribution in [0.2, 0.25) is 5.02 Å². The van der Waals surface area contributed by atoms with E-state index >= 15 is 0 Å². The molecule has 5 nitrogen and oxygen atoms in total. The van der Waals surface area contributed by atoms with Gasteiger partial charge in [0.25, 0.3) is 5.91 Å². The number of fused-ring (bicyclic) bond motifs is 1. The molecule has 2 aromatic rings. The first kappa shape index (κ1) is 22.3. The van der Waals surface area contributed by atoms with Gasteiger partial charge in [-0.1, -0.05) is 35.9 Å². The van der Waals surface area contributed by atoms with Crippen LogP contribution < -0.4 is 5.32 Å². The minimum Gasteiger partial charge on any atom is -0.392 e. The molecule has 0 aromatic heterocycles. The highest BCUT2D eigenvalue weighted by atomic mass is 35.5. The van der Waals surface area contributed by atoms with E-state index in [0.717, 1.165) is 63.2 Å². The minimum absolute atomic E-state index is 0.0174. The second-order valence-corrected chi connectivity index (χ2v) is 9.65. The maximum atomic E-state index is 13.2. The van der Waals surface area contributed by atoms with Crippen LogP contribution in [-0.2, 0) is 26.1 Å². The molecule has 0 unspecified atom stereocenters. The number of halogens is 1. The highest BCUT2D eigenvalue weighted by molar-refractivity contribution is 6.31. The van der Waals surface area contributed by atoms with Crippen LogP contribution in [0.1, 0.15) is 52.9 Å². The maximum Gasteiger partial charge on any atom is 0.254 e. The number of rotatable bonds is 6. The molecule has 0 spiro atoms. The molecule has 0 aliphatic carbocycles. The number of benzene rings is 2. The Morgan fingerprint density at radius 3 is 2.65 bits per heavy atom. The summed E-state index contributed by atoms with van der Waals surface area (Å²) in [6, 6.07) is 12.1. The van der Waals surface area contributed by atoms with Gasteiger partial charge in [-0.2, -0.15) is 0 Å². The van der Waals surface area contributed by atoms with Crippen LogP contribution in [0.15, 0.2) is 36.4 Å². The van der Waals surface area contributed by atoms with E-state index in [1.54, 1.807) is 0 Å². The number of aliphatic hydroxyl groups excluding tert-OH is 1. The lowest BCUT2D eigenvalue weighted by Gasteiger charge is -2.36. The lowest BCUT2D eigenvalue weighted by atomic mass is 9.93. The van der Waals surface area contributed by atoms with Gasteiger partial charge in [-0.25, -0.2) is 0 Å². The van der Waals surface area contributed by atoms with E-state index in [1.165, 1.54) is 16.7 Å². The molecule has 2 heterocycles.